The summed E-state index contributed by atoms with van der Waals surface area (Å²) >= 11 is 0. The lowest BCUT2D eigenvalue weighted by Crippen LogP contribution is -2.17. The van der Waals surface area contributed by atoms with Crippen molar-refractivity contribution in [3.63, 3.8) is 0 Å². The van der Waals surface area contributed by atoms with Gasteiger partial charge in [-0.2, -0.15) is 0 Å². The van der Waals surface area contributed by atoms with E-state index < -0.39 is 0 Å². The van der Waals surface area contributed by atoms with Crippen LogP contribution in [0, 0.1) is 20.8 Å². The highest BCUT2D eigenvalue weighted by Gasteiger charge is 2.26. The second kappa shape index (κ2) is 8.46. The summed E-state index contributed by atoms with van der Waals surface area (Å²) in [5, 5.41) is 7.22. The summed E-state index contributed by atoms with van der Waals surface area (Å²) in [6, 6.07) is 13.3. The van der Waals surface area contributed by atoms with Crippen LogP contribution in [0.1, 0.15) is 39.0 Å². The Kier molecular flexibility index (Phi) is 5.34. The monoisotopic (exact) mass is 440 g/mol. The average Bonchev–Trinajstić information content (AvgIpc) is 3.42. The van der Waals surface area contributed by atoms with E-state index in [0.29, 0.717) is 35.5 Å². The van der Waals surface area contributed by atoms with Crippen LogP contribution >= 0.6 is 0 Å². The number of carbonyl (C=O) groups is 1. The molecule has 0 radical (unpaired) electrons. The summed E-state index contributed by atoms with van der Waals surface area (Å²) in [6.07, 6.45) is 3.70. The van der Waals surface area contributed by atoms with E-state index in [9.17, 15) is 4.79 Å². The predicted octanol–water partition coefficient (Wildman–Crippen LogP) is 4.20. The molecule has 0 spiro atoms. The average molecular weight is 441 g/mol. The molecule has 0 fully saturated rings. The van der Waals surface area contributed by atoms with E-state index in [1.54, 1.807) is 18.5 Å². The number of hydrogen-bond acceptors (Lipinski definition) is 6. The highest BCUT2D eigenvalue weighted by molar-refractivity contribution is 6.06. The Bertz CT molecular complexity index is 1350. The Morgan fingerprint density at radius 2 is 1.85 bits per heavy atom. The molecule has 1 aliphatic rings. The van der Waals surface area contributed by atoms with Crippen LogP contribution in [-0.4, -0.2) is 37.2 Å². The van der Waals surface area contributed by atoms with Gasteiger partial charge in [-0.25, -0.2) is 15.0 Å². The van der Waals surface area contributed by atoms with Gasteiger partial charge in [0.25, 0.3) is 5.91 Å². The van der Waals surface area contributed by atoms with Crippen LogP contribution in [0.4, 0.5) is 5.82 Å². The quantitative estimate of drug-likeness (QED) is 0.502. The lowest BCUT2D eigenvalue weighted by atomic mass is 9.94. The van der Waals surface area contributed by atoms with Gasteiger partial charge in [0.05, 0.1) is 18.6 Å². The van der Waals surface area contributed by atoms with Crippen molar-refractivity contribution in [3.05, 3.63) is 82.9 Å². The number of imidazole rings is 1. The lowest BCUT2D eigenvalue weighted by molar-refractivity contribution is 0.0732. The molecule has 2 aromatic carbocycles. The van der Waals surface area contributed by atoms with Crippen molar-refractivity contribution in [1.82, 2.24) is 19.5 Å². The van der Waals surface area contributed by atoms with Gasteiger partial charge in [-0.3, -0.25) is 4.79 Å². The Labute approximate surface area is 191 Å². The minimum absolute atomic E-state index is 0.130. The normalized spacial score (nSPS) is 15.4. The van der Waals surface area contributed by atoms with Crippen molar-refractivity contribution < 1.29 is 9.63 Å². The van der Waals surface area contributed by atoms with E-state index in [1.165, 1.54) is 23.0 Å². The Balaban J connectivity index is 1.33. The lowest BCUT2D eigenvalue weighted by Gasteiger charge is -2.12. The van der Waals surface area contributed by atoms with Gasteiger partial charge in [-0.05, 0) is 44.0 Å². The summed E-state index contributed by atoms with van der Waals surface area (Å²) in [4.78, 5) is 31.4. The molecule has 4 aromatic rings. The van der Waals surface area contributed by atoms with Crippen molar-refractivity contribution >= 4 is 28.6 Å². The fraction of sp³-hybridized carbons (Fsp3) is 0.240. The Morgan fingerprint density at radius 1 is 1.09 bits per heavy atom. The molecular formula is C25H24N6O2. The fourth-order valence-corrected chi connectivity index (χ4v) is 4.40. The van der Waals surface area contributed by atoms with Gasteiger partial charge in [0.15, 0.2) is 23.1 Å². The molecule has 0 saturated heterocycles. The smallest absolute Gasteiger partial charge is 0.256 e. The molecule has 1 amide bonds. The van der Waals surface area contributed by atoms with Crippen molar-refractivity contribution in [2.24, 2.45) is 5.16 Å². The van der Waals surface area contributed by atoms with Gasteiger partial charge >= 0.3 is 0 Å². The highest BCUT2D eigenvalue weighted by atomic mass is 16.6. The Morgan fingerprint density at radius 3 is 2.61 bits per heavy atom. The summed E-state index contributed by atoms with van der Waals surface area (Å²) < 4.78 is 1.91. The van der Waals surface area contributed by atoms with Crippen LogP contribution in [0.3, 0.4) is 0 Å². The number of benzene rings is 2. The number of hydrogen-bond donors (Lipinski definition) is 1. The molecule has 0 aliphatic carbocycles. The minimum atomic E-state index is -0.244. The Hall–Kier alpha value is -4.07. The number of rotatable bonds is 5. The standard InChI is InChI=1S/C25H24N6O2/c1-15-9-16(2)21(17(3)10-15)20-11-19(33-30-20)12-31-14-28-22-23(26-13-27-24(22)31)29-25(32)18-7-5-4-6-8-18/h4-10,13-14,19H,11-12H2,1-3H3,(H,26,27,29,32). The van der Waals surface area contributed by atoms with Crippen LogP contribution in [0.15, 0.2) is 60.3 Å². The molecule has 8 nitrogen and oxygen atoms in total. The SMILES string of the molecule is Cc1cc(C)c(C2=NOC(Cn3cnc4c(NC(=O)c5ccccc5)ncnc43)C2)c(C)c1. The number of aromatic nitrogens is 4. The maximum atomic E-state index is 12.5. The van der Waals surface area contributed by atoms with Gasteiger partial charge in [0.1, 0.15) is 6.33 Å². The van der Waals surface area contributed by atoms with Crippen molar-refractivity contribution in [2.75, 3.05) is 5.32 Å². The van der Waals surface area contributed by atoms with Crippen LogP contribution in [-0.2, 0) is 11.4 Å². The second-order valence-electron chi connectivity index (χ2n) is 8.35. The summed E-state index contributed by atoms with van der Waals surface area (Å²) in [7, 11) is 0. The van der Waals surface area contributed by atoms with Crippen molar-refractivity contribution in [1.29, 1.82) is 0 Å². The topological polar surface area (TPSA) is 94.3 Å². The van der Waals surface area contributed by atoms with Crippen LogP contribution in [0.2, 0.25) is 0 Å². The molecule has 33 heavy (non-hydrogen) atoms. The zero-order valence-electron chi connectivity index (χ0n) is 18.7. The van der Waals surface area contributed by atoms with E-state index in [1.807, 2.05) is 22.8 Å². The molecule has 2 aromatic heterocycles. The summed E-state index contributed by atoms with van der Waals surface area (Å²) in [5.41, 5.74) is 7.49. The minimum Gasteiger partial charge on any atom is -0.390 e. The number of nitrogens with one attached hydrogen (secondary N) is 1. The highest BCUT2D eigenvalue weighted by Crippen LogP contribution is 2.26. The van der Waals surface area contributed by atoms with Gasteiger partial charge in [-0.15, -0.1) is 0 Å². The molecule has 0 bridgehead atoms. The van der Waals surface area contributed by atoms with Crippen molar-refractivity contribution in [3.8, 4) is 0 Å². The van der Waals surface area contributed by atoms with Crippen LogP contribution < -0.4 is 5.32 Å². The molecule has 1 atom stereocenters. The number of carbonyl (C=O) groups excluding carboxylic acids is 1. The van der Waals surface area contributed by atoms with Gasteiger partial charge in [-0.1, -0.05) is 41.1 Å². The first kappa shape index (κ1) is 20.8. The number of fused-ring (bicyclic) bond motifs is 1. The third-order valence-corrected chi connectivity index (χ3v) is 5.77. The van der Waals surface area contributed by atoms with Gasteiger partial charge in [0.2, 0.25) is 0 Å². The number of oxime groups is 1. The summed E-state index contributed by atoms with van der Waals surface area (Å²) in [5.74, 6) is 0.133. The maximum absolute atomic E-state index is 12.5. The molecule has 1 N–H and O–H groups in total. The predicted molar refractivity (Wildman–Crippen MR) is 126 cm³/mol. The zero-order valence-corrected chi connectivity index (χ0v) is 18.7. The summed E-state index contributed by atoms with van der Waals surface area (Å²) in [6.45, 7) is 6.85. The third kappa shape index (κ3) is 4.07. The van der Waals surface area contributed by atoms with Crippen molar-refractivity contribution in [2.45, 2.75) is 39.8 Å². The van der Waals surface area contributed by atoms with E-state index in [4.69, 9.17) is 4.84 Å². The van der Waals surface area contributed by atoms with Crippen LogP contribution in [0.25, 0.3) is 11.2 Å². The molecule has 3 heterocycles. The number of aryl methyl sites for hydroxylation is 3. The molecular weight excluding hydrogens is 416 g/mol. The first-order valence-corrected chi connectivity index (χ1v) is 10.8. The molecule has 1 aliphatic heterocycles. The maximum Gasteiger partial charge on any atom is 0.256 e. The molecule has 8 heteroatoms. The number of anilines is 1. The first-order valence-electron chi connectivity index (χ1n) is 10.8. The second-order valence-corrected chi connectivity index (χ2v) is 8.35. The first-order chi connectivity index (χ1) is 16.0. The van der Waals surface area contributed by atoms with Gasteiger partial charge in [0, 0.05) is 17.5 Å². The largest absolute Gasteiger partial charge is 0.390 e. The van der Waals surface area contributed by atoms with E-state index >= 15 is 0 Å². The molecule has 0 saturated carbocycles. The van der Waals surface area contributed by atoms with Gasteiger partial charge < -0.3 is 14.7 Å². The third-order valence-electron chi connectivity index (χ3n) is 5.77. The zero-order chi connectivity index (χ0) is 22.9. The number of amides is 1. The molecule has 166 valence electrons. The molecule has 5 rings (SSSR count). The van der Waals surface area contributed by atoms with E-state index in [2.05, 4.69) is 58.3 Å². The fourth-order valence-electron chi connectivity index (χ4n) is 4.40. The molecule has 1 unspecified atom stereocenters. The van der Waals surface area contributed by atoms with E-state index in [0.717, 1.165) is 11.3 Å². The van der Waals surface area contributed by atoms with E-state index in [-0.39, 0.29) is 12.0 Å². The van der Waals surface area contributed by atoms with Crippen LogP contribution in [0.5, 0.6) is 0 Å². The number of nitrogens with zero attached hydrogens (tertiary/aromatic N) is 5.